The topological polar surface area (TPSA) is 64.4 Å². The Balaban J connectivity index is 1.24. The molecule has 1 atom stereocenters. The monoisotopic (exact) mass is 398 g/mol. The number of carbonyl (C=O) groups excluding carboxylic acids is 1. The van der Waals surface area contributed by atoms with Crippen molar-refractivity contribution in [1.82, 2.24) is 10.5 Å². The fourth-order valence-electron chi connectivity index (χ4n) is 3.98. The summed E-state index contributed by atoms with van der Waals surface area (Å²) in [5.74, 6) is 1.59. The van der Waals surface area contributed by atoms with Gasteiger partial charge in [0.1, 0.15) is 17.5 Å². The van der Waals surface area contributed by atoms with Gasteiger partial charge in [-0.15, -0.1) is 0 Å². The van der Waals surface area contributed by atoms with Crippen LogP contribution in [0.3, 0.4) is 0 Å². The molecule has 30 heavy (non-hydrogen) atoms. The van der Waals surface area contributed by atoms with Crippen molar-refractivity contribution < 1.29 is 14.1 Å². The molecule has 1 N–H and O–H groups in total. The third-order valence-corrected chi connectivity index (χ3v) is 5.44. The second-order valence-electron chi connectivity index (χ2n) is 7.73. The van der Waals surface area contributed by atoms with Crippen LogP contribution in [0.25, 0.3) is 22.1 Å². The first-order valence-electron chi connectivity index (χ1n) is 10.1. The molecule has 0 spiro atoms. The van der Waals surface area contributed by atoms with E-state index >= 15 is 0 Å². The highest BCUT2D eigenvalue weighted by Gasteiger charge is 2.20. The summed E-state index contributed by atoms with van der Waals surface area (Å²) in [7, 11) is 0. The minimum Gasteiger partial charge on any atom is -0.490 e. The van der Waals surface area contributed by atoms with Crippen LogP contribution in [-0.4, -0.2) is 17.2 Å². The second kappa shape index (κ2) is 7.67. The van der Waals surface area contributed by atoms with Crippen LogP contribution in [0.1, 0.15) is 23.7 Å². The molecule has 5 heteroatoms. The van der Waals surface area contributed by atoms with Crippen LogP contribution < -0.4 is 10.1 Å². The highest BCUT2D eigenvalue weighted by atomic mass is 16.5. The molecule has 1 aliphatic heterocycles. The third-order valence-electron chi connectivity index (χ3n) is 5.44. The molecule has 150 valence electrons. The smallest absolute Gasteiger partial charge is 0.224 e. The van der Waals surface area contributed by atoms with Crippen molar-refractivity contribution in [2.75, 3.05) is 0 Å². The molecule has 1 unspecified atom stereocenters. The van der Waals surface area contributed by atoms with E-state index in [9.17, 15) is 4.79 Å². The van der Waals surface area contributed by atoms with E-state index in [1.807, 2.05) is 48.5 Å². The van der Waals surface area contributed by atoms with E-state index in [-0.39, 0.29) is 12.0 Å². The maximum atomic E-state index is 12.5. The zero-order valence-electron chi connectivity index (χ0n) is 16.7. The molecule has 4 aromatic rings. The number of fused-ring (bicyclic) bond motifs is 2. The van der Waals surface area contributed by atoms with Crippen LogP contribution in [0.4, 0.5) is 0 Å². The summed E-state index contributed by atoms with van der Waals surface area (Å²) in [5, 5.41) is 9.29. The van der Waals surface area contributed by atoms with Gasteiger partial charge in [0.15, 0.2) is 5.76 Å². The predicted octanol–water partition coefficient (Wildman–Crippen LogP) is 4.68. The fraction of sp³-hybridized carbons (Fsp3) is 0.200. The zero-order chi connectivity index (χ0) is 20.5. The number of rotatable bonds is 5. The van der Waals surface area contributed by atoms with Crippen LogP contribution in [-0.2, 0) is 24.2 Å². The van der Waals surface area contributed by atoms with Crippen molar-refractivity contribution in [3.63, 3.8) is 0 Å². The van der Waals surface area contributed by atoms with Crippen molar-refractivity contribution in [3.8, 4) is 17.1 Å². The van der Waals surface area contributed by atoms with Gasteiger partial charge in [-0.3, -0.25) is 4.79 Å². The van der Waals surface area contributed by atoms with E-state index in [2.05, 4.69) is 35.6 Å². The quantitative estimate of drug-likeness (QED) is 0.530. The molecule has 1 aromatic heterocycles. The number of nitrogens with one attached hydrogen (secondary N) is 1. The minimum absolute atomic E-state index is 0.0421. The van der Waals surface area contributed by atoms with E-state index < -0.39 is 0 Å². The second-order valence-corrected chi connectivity index (χ2v) is 7.73. The number of ether oxygens (including phenoxy) is 1. The molecule has 1 aliphatic rings. The summed E-state index contributed by atoms with van der Waals surface area (Å²) >= 11 is 0. The van der Waals surface area contributed by atoms with Crippen molar-refractivity contribution >= 4 is 16.7 Å². The molecule has 0 radical (unpaired) electrons. The number of hydrogen-bond acceptors (Lipinski definition) is 4. The molecule has 2 heterocycles. The molecule has 0 saturated carbocycles. The molecular weight excluding hydrogens is 376 g/mol. The molecule has 5 rings (SSSR count). The number of nitrogens with zero attached hydrogens (tertiary/aromatic N) is 1. The van der Waals surface area contributed by atoms with E-state index in [0.29, 0.717) is 24.4 Å². The van der Waals surface area contributed by atoms with E-state index in [4.69, 9.17) is 9.26 Å². The summed E-state index contributed by atoms with van der Waals surface area (Å²) in [6.45, 7) is 2.39. The van der Waals surface area contributed by atoms with Gasteiger partial charge in [0.2, 0.25) is 5.91 Å². The number of amides is 1. The van der Waals surface area contributed by atoms with Gasteiger partial charge in [-0.1, -0.05) is 47.6 Å². The van der Waals surface area contributed by atoms with Crippen LogP contribution in [0.2, 0.25) is 0 Å². The van der Waals surface area contributed by atoms with Crippen LogP contribution in [0, 0.1) is 0 Å². The standard InChI is InChI=1S/C25H22N2O3/c1-16-11-20-12-19(9-10-23(20)29-16)24-14-21(27-30-24)15-26-25(28)13-18-7-4-6-17-5-2-3-8-22(17)18/h2-10,12,14,16H,11,13,15H2,1H3,(H,26,28). The number of hydrogen-bond donors (Lipinski definition) is 1. The molecule has 5 nitrogen and oxygen atoms in total. The Bertz CT molecular complexity index is 1220. The zero-order valence-corrected chi connectivity index (χ0v) is 16.7. The van der Waals surface area contributed by atoms with Gasteiger partial charge in [0.25, 0.3) is 0 Å². The first-order chi connectivity index (χ1) is 14.7. The van der Waals surface area contributed by atoms with Gasteiger partial charge < -0.3 is 14.6 Å². The predicted molar refractivity (Wildman–Crippen MR) is 115 cm³/mol. The van der Waals surface area contributed by atoms with Crippen molar-refractivity contribution in [1.29, 1.82) is 0 Å². The van der Waals surface area contributed by atoms with Gasteiger partial charge in [0, 0.05) is 18.1 Å². The summed E-state index contributed by atoms with van der Waals surface area (Å²) < 4.78 is 11.3. The normalized spacial score (nSPS) is 15.0. The average molecular weight is 398 g/mol. The molecule has 3 aromatic carbocycles. The lowest BCUT2D eigenvalue weighted by Crippen LogP contribution is -2.24. The van der Waals surface area contributed by atoms with E-state index in [0.717, 1.165) is 34.1 Å². The minimum atomic E-state index is -0.0421. The van der Waals surface area contributed by atoms with Gasteiger partial charge in [-0.05, 0) is 47.0 Å². The first-order valence-corrected chi connectivity index (χ1v) is 10.1. The van der Waals surface area contributed by atoms with Crippen LogP contribution >= 0.6 is 0 Å². The van der Waals surface area contributed by atoms with E-state index in [1.165, 1.54) is 5.56 Å². The third kappa shape index (κ3) is 3.66. The summed E-state index contributed by atoms with van der Waals surface area (Å²) in [5.41, 5.74) is 3.86. The van der Waals surface area contributed by atoms with Crippen molar-refractivity contribution in [3.05, 3.63) is 83.6 Å². The lowest BCUT2D eigenvalue weighted by atomic mass is 10.0. The Labute approximate surface area is 174 Å². The Kier molecular flexibility index (Phi) is 4.71. The Morgan fingerprint density at radius 3 is 2.90 bits per heavy atom. The lowest BCUT2D eigenvalue weighted by molar-refractivity contribution is -0.120. The molecule has 0 saturated heterocycles. The first kappa shape index (κ1) is 18.4. The van der Waals surface area contributed by atoms with Gasteiger partial charge in [0.05, 0.1) is 13.0 Å². The SMILES string of the molecule is CC1Cc2cc(-c3cc(CNC(=O)Cc4cccc5ccccc45)no3)ccc2O1. The number of carbonyl (C=O) groups is 1. The number of benzene rings is 3. The van der Waals surface area contributed by atoms with Gasteiger partial charge in [-0.25, -0.2) is 0 Å². The van der Waals surface area contributed by atoms with Crippen molar-refractivity contribution in [2.45, 2.75) is 32.4 Å². The number of aromatic nitrogens is 1. The van der Waals surface area contributed by atoms with E-state index in [1.54, 1.807) is 0 Å². The molecular formula is C25H22N2O3. The Morgan fingerprint density at radius 2 is 1.97 bits per heavy atom. The summed E-state index contributed by atoms with van der Waals surface area (Å²) in [6.07, 6.45) is 1.43. The van der Waals surface area contributed by atoms with Gasteiger partial charge in [-0.2, -0.15) is 0 Å². The summed E-state index contributed by atoms with van der Waals surface area (Å²) in [4.78, 5) is 12.5. The van der Waals surface area contributed by atoms with Crippen molar-refractivity contribution in [2.24, 2.45) is 0 Å². The maximum Gasteiger partial charge on any atom is 0.224 e. The highest BCUT2D eigenvalue weighted by Crippen LogP contribution is 2.33. The molecule has 0 bridgehead atoms. The molecule has 0 fully saturated rings. The van der Waals surface area contributed by atoms with Gasteiger partial charge >= 0.3 is 0 Å². The Morgan fingerprint density at radius 1 is 1.10 bits per heavy atom. The largest absolute Gasteiger partial charge is 0.490 e. The molecule has 1 amide bonds. The van der Waals surface area contributed by atoms with Crippen LogP contribution in [0.5, 0.6) is 5.75 Å². The maximum absolute atomic E-state index is 12.5. The fourth-order valence-corrected chi connectivity index (χ4v) is 3.98. The Hall–Kier alpha value is -3.60. The highest BCUT2D eigenvalue weighted by molar-refractivity contribution is 5.90. The molecule has 0 aliphatic carbocycles. The average Bonchev–Trinajstić information content (AvgIpc) is 3.37. The lowest BCUT2D eigenvalue weighted by Gasteiger charge is -2.07. The van der Waals surface area contributed by atoms with Crippen LogP contribution in [0.15, 0.2) is 71.3 Å². The summed E-state index contributed by atoms with van der Waals surface area (Å²) in [6, 6.07) is 22.0.